The van der Waals surface area contributed by atoms with Crippen LogP contribution in [0.15, 0.2) is 46.9 Å². The van der Waals surface area contributed by atoms with Gasteiger partial charge in [-0.2, -0.15) is 0 Å². The van der Waals surface area contributed by atoms with E-state index in [1.165, 1.54) is 0 Å². The molecule has 1 aliphatic heterocycles. The summed E-state index contributed by atoms with van der Waals surface area (Å²) in [6.07, 6.45) is 0. The molecule has 1 aliphatic rings. The number of nitrogens with one attached hydrogen (secondary N) is 1. The highest BCUT2D eigenvalue weighted by molar-refractivity contribution is 9.10. The van der Waals surface area contributed by atoms with Gasteiger partial charge in [0.1, 0.15) is 6.54 Å². The minimum absolute atomic E-state index is 0.0114. The number of carbonyl (C=O) groups is 1. The molecule has 0 spiro atoms. The molecule has 3 rings (SSSR count). The van der Waals surface area contributed by atoms with Gasteiger partial charge < -0.3 is 16.0 Å². The largest absolute Gasteiger partial charge is 0.330 e. The number of hydrogen-bond donors (Lipinski definition) is 2. The van der Waals surface area contributed by atoms with Gasteiger partial charge in [-0.05, 0) is 35.9 Å². The Morgan fingerprint density at radius 3 is 2.65 bits per heavy atom. The third-order valence-corrected chi connectivity index (χ3v) is 3.80. The molecule has 0 aliphatic carbocycles. The lowest BCUT2D eigenvalue weighted by Gasteiger charge is -2.31. The van der Waals surface area contributed by atoms with Gasteiger partial charge in [0.25, 0.3) is 0 Å². The van der Waals surface area contributed by atoms with Gasteiger partial charge in [-0.25, -0.2) is 0 Å². The summed E-state index contributed by atoms with van der Waals surface area (Å²) in [4.78, 5) is 13.8. The van der Waals surface area contributed by atoms with Crippen molar-refractivity contribution >= 4 is 38.9 Å². The monoisotopic (exact) mass is 331 g/mol. The molecule has 0 aromatic heterocycles. The zero-order valence-electron chi connectivity index (χ0n) is 10.8. The predicted molar refractivity (Wildman–Crippen MR) is 84.1 cm³/mol. The smallest absolute Gasteiger partial charge is 0.244 e. The Morgan fingerprint density at radius 1 is 1.20 bits per heavy atom. The Balaban J connectivity index is 2.04. The van der Waals surface area contributed by atoms with E-state index in [0.717, 1.165) is 27.1 Å². The van der Waals surface area contributed by atoms with Crippen LogP contribution in [0, 0.1) is 0 Å². The Hall–Kier alpha value is -1.85. The summed E-state index contributed by atoms with van der Waals surface area (Å²) >= 11 is 3.47. The van der Waals surface area contributed by atoms with Gasteiger partial charge in [0.2, 0.25) is 5.91 Å². The molecule has 0 atom stereocenters. The van der Waals surface area contributed by atoms with Gasteiger partial charge in [0.15, 0.2) is 0 Å². The summed E-state index contributed by atoms with van der Waals surface area (Å²) in [5.74, 6) is -0.0114. The van der Waals surface area contributed by atoms with E-state index in [-0.39, 0.29) is 5.91 Å². The number of benzene rings is 2. The quantitative estimate of drug-likeness (QED) is 0.889. The molecule has 5 heteroatoms. The van der Waals surface area contributed by atoms with Crippen molar-refractivity contribution in [3.63, 3.8) is 0 Å². The van der Waals surface area contributed by atoms with E-state index in [1.54, 1.807) is 0 Å². The van der Waals surface area contributed by atoms with E-state index in [4.69, 9.17) is 5.73 Å². The number of fused-ring (bicyclic) bond motifs is 1. The lowest BCUT2D eigenvalue weighted by atomic mass is 10.1. The second-order valence-electron chi connectivity index (χ2n) is 4.67. The minimum Gasteiger partial charge on any atom is -0.330 e. The molecule has 0 saturated carbocycles. The van der Waals surface area contributed by atoms with Crippen LogP contribution < -0.4 is 16.0 Å². The number of nitrogens with two attached hydrogens (primary N) is 1. The fourth-order valence-corrected chi connectivity index (χ4v) is 2.64. The summed E-state index contributed by atoms with van der Waals surface area (Å²) in [5, 5.41) is 2.89. The van der Waals surface area contributed by atoms with Crippen molar-refractivity contribution in [2.75, 3.05) is 16.8 Å². The average Bonchev–Trinajstić information content (AvgIpc) is 2.47. The molecule has 4 nitrogen and oxygen atoms in total. The summed E-state index contributed by atoms with van der Waals surface area (Å²) < 4.78 is 0.982. The normalized spacial score (nSPS) is 13.9. The van der Waals surface area contributed by atoms with E-state index < -0.39 is 0 Å². The molecule has 1 heterocycles. The molecule has 102 valence electrons. The summed E-state index contributed by atoms with van der Waals surface area (Å²) in [7, 11) is 0. The van der Waals surface area contributed by atoms with E-state index in [0.29, 0.717) is 13.1 Å². The van der Waals surface area contributed by atoms with Crippen molar-refractivity contribution in [3.8, 4) is 0 Å². The van der Waals surface area contributed by atoms with Crippen molar-refractivity contribution in [3.05, 3.63) is 52.5 Å². The lowest BCUT2D eigenvalue weighted by molar-refractivity contribution is -0.115. The standard InChI is InChI=1S/C15H14BrN3O/c16-11-3-6-13-14(7-11)19(9-15(20)18-13)12-4-1-10(8-17)2-5-12/h1-7H,8-9,17H2,(H,18,20). The van der Waals surface area contributed by atoms with Gasteiger partial charge in [-0.1, -0.05) is 28.1 Å². The molecule has 2 aromatic rings. The SMILES string of the molecule is NCc1ccc(N2CC(=O)Nc3ccc(Br)cc32)cc1. The second-order valence-corrected chi connectivity index (χ2v) is 5.58. The molecule has 0 fully saturated rings. The molecule has 2 aromatic carbocycles. The van der Waals surface area contributed by atoms with Gasteiger partial charge in [0.05, 0.1) is 11.4 Å². The zero-order valence-corrected chi connectivity index (χ0v) is 12.4. The molecule has 0 saturated heterocycles. The van der Waals surface area contributed by atoms with Crippen molar-refractivity contribution in [2.24, 2.45) is 5.73 Å². The van der Waals surface area contributed by atoms with Crippen LogP contribution in [0.4, 0.5) is 17.1 Å². The minimum atomic E-state index is -0.0114. The number of amides is 1. The third kappa shape index (κ3) is 2.42. The molecule has 0 radical (unpaired) electrons. The van der Waals surface area contributed by atoms with Crippen LogP contribution in [0.25, 0.3) is 0 Å². The highest BCUT2D eigenvalue weighted by atomic mass is 79.9. The van der Waals surface area contributed by atoms with Crippen molar-refractivity contribution in [1.29, 1.82) is 0 Å². The Morgan fingerprint density at radius 2 is 1.95 bits per heavy atom. The first-order valence-electron chi connectivity index (χ1n) is 6.33. The first-order valence-corrected chi connectivity index (χ1v) is 7.12. The zero-order chi connectivity index (χ0) is 14.1. The summed E-state index contributed by atoms with van der Waals surface area (Å²) in [6.45, 7) is 0.828. The number of halogens is 1. The fourth-order valence-electron chi connectivity index (χ4n) is 2.29. The molecule has 20 heavy (non-hydrogen) atoms. The maximum absolute atomic E-state index is 11.8. The Kier molecular flexibility index (Phi) is 3.46. The molecule has 0 bridgehead atoms. The fraction of sp³-hybridized carbons (Fsp3) is 0.133. The van der Waals surface area contributed by atoms with Gasteiger partial charge in [-0.3, -0.25) is 4.79 Å². The van der Waals surface area contributed by atoms with Crippen LogP contribution in [0.1, 0.15) is 5.56 Å². The molecule has 0 unspecified atom stereocenters. The maximum Gasteiger partial charge on any atom is 0.244 e. The Labute approximate surface area is 125 Å². The van der Waals surface area contributed by atoms with Crippen LogP contribution in [-0.2, 0) is 11.3 Å². The van der Waals surface area contributed by atoms with E-state index in [1.807, 2.05) is 47.4 Å². The molecular formula is C15H14BrN3O. The molecular weight excluding hydrogens is 318 g/mol. The number of hydrogen-bond acceptors (Lipinski definition) is 3. The van der Waals surface area contributed by atoms with Crippen LogP contribution in [0.3, 0.4) is 0 Å². The van der Waals surface area contributed by atoms with E-state index >= 15 is 0 Å². The van der Waals surface area contributed by atoms with Crippen molar-refractivity contribution < 1.29 is 4.79 Å². The maximum atomic E-state index is 11.8. The average molecular weight is 332 g/mol. The Bertz CT molecular complexity index is 655. The topological polar surface area (TPSA) is 58.4 Å². The number of nitrogens with zero attached hydrogens (tertiary/aromatic N) is 1. The van der Waals surface area contributed by atoms with Crippen molar-refractivity contribution in [2.45, 2.75) is 6.54 Å². The number of rotatable bonds is 2. The first kappa shape index (κ1) is 13.1. The van der Waals surface area contributed by atoms with Crippen LogP contribution >= 0.6 is 15.9 Å². The van der Waals surface area contributed by atoms with Gasteiger partial charge >= 0.3 is 0 Å². The molecule has 3 N–H and O–H groups in total. The lowest BCUT2D eigenvalue weighted by Crippen LogP contribution is -2.35. The number of anilines is 3. The highest BCUT2D eigenvalue weighted by Crippen LogP contribution is 2.36. The van der Waals surface area contributed by atoms with Crippen LogP contribution in [0.5, 0.6) is 0 Å². The van der Waals surface area contributed by atoms with Crippen LogP contribution in [0.2, 0.25) is 0 Å². The van der Waals surface area contributed by atoms with Crippen molar-refractivity contribution in [1.82, 2.24) is 0 Å². The van der Waals surface area contributed by atoms with Crippen LogP contribution in [-0.4, -0.2) is 12.5 Å². The predicted octanol–water partition coefficient (Wildman–Crippen LogP) is 3.00. The number of carbonyl (C=O) groups excluding carboxylic acids is 1. The first-order chi connectivity index (χ1) is 9.67. The summed E-state index contributed by atoms with van der Waals surface area (Å²) in [6, 6.07) is 13.8. The van der Waals surface area contributed by atoms with E-state index in [9.17, 15) is 4.79 Å². The summed E-state index contributed by atoms with van der Waals surface area (Å²) in [5.41, 5.74) is 9.48. The van der Waals surface area contributed by atoms with Gasteiger partial charge in [-0.15, -0.1) is 0 Å². The second kappa shape index (κ2) is 5.26. The molecule has 1 amide bonds. The third-order valence-electron chi connectivity index (χ3n) is 3.31. The highest BCUT2D eigenvalue weighted by Gasteiger charge is 2.23. The van der Waals surface area contributed by atoms with Gasteiger partial charge in [0, 0.05) is 16.7 Å². The van der Waals surface area contributed by atoms with E-state index in [2.05, 4.69) is 21.2 Å².